The molecule has 2 aliphatic carbocycles. The molecule has 4 fully saturated rings. The average molecular weight is 496 g/mol. The predicted molar refractivity (Wildman–Crippen MR) is 101 cm³/mol. The molecule has 5 aliphatic rings. The lowest BCUT2D eigenvalue weighted by molar-refractivity contribution is -0.202. The minimum Gasteiger partial charge on any atom is -0.373 e. The van der Waals surface area contributed by atoms with Crippen LogP contribution in [0.1, 0.15) is 13.8 Å². The Morgan fingerprint density at radius 3 is 1.70 bits per heavy atom. The molecule has 0 radical (unpaired) electrons. The van der Waals surface area contributed by atoms with Crippen LogP contribution in [0.3, 0.4) is 0 Å². The van der Waals surface area contributed by atoms with E-state index >= 15 is 0 Å². The van der Waals surface area contributed by atoms with E-state index in [0.717, 1.165) is 5.06 Å². The normalized spacial score (nSPS) is 51.8. The van der Waals surface area contributed by atoms with Crippen LogP contribution in [0, 0.1) is 23.7 Å². The fourth-order valence-corrected chi connectivity index (χ4v) is 8.65. The molecule has 3 aliphatic heterocycles. The van der Waals surface area contributed by atoms with Gasteiger partial charge in [0.15, 0.2) is 4.33 Å². The summed E-state index contributed by atoms with van der Waals surface area (Å²) in [5.74, 6) is -3.54. The molecular formula is C16H13Cl6NO4. The SMILES string of the molecule is CC(C)ON1C(=O)[C@@H]2[C@H]3O[C@@H]([C@@H]2C1=O)[C@H]1[C@H]3[C@@]2(Cl)C(Cl)=C(Cl)[C@@]1(Cl)C2(Cl)Cl. The topological polar surface area (TPSA) is 55.8 Å². The van der Waals surface area contributed by atoms with Gasteiger partial charge in [-0.3, -0.25) is 14.4 Å². The highest BCUT2D eigenvalue weighted by Gasteiger charge is 2.90. The average Bonchev–Trinajstić information content (AvgIpc) is 3.27. The Labute approximate surface area is 185 Å². The maximum atomic E-state index is 12.9. The van der Waals surface area contributed by atoms with E-state index in [0.29, 0.717) is 0 Å². The third-order valence-electron chi connectivity index (χ3n) is 6.45. The van der Waals surface area contributed by atoms with Crippen molar-refractivity contribution in [2.75, 3.05) is 0 Å². The predicted octanol–water partition coefficient (Wildman–Crippen LogP) is 3.79. The first kappa shape index (κ1) is 19.5. The maximum Gasteiger partial charge on any atom is 0.260 e. The Balaban J connectivity index is 1.63. The van der Waals surface area contributed by atoms with Gasteiger partial charge in [-0.25, -0.2) is 0 Å². The molecule has 1 saturated carbocycles. The van der Waals surface area contributed by atoms with Gasteiger partial charge in [0.25, 0.3) is 11.8 Å². The number of amides is 2. The molecule has 27 heavy (non-hydrogen) atoms. The number of imide groups is 1. The van der Waals surface area contributed by atoms with Crippen molar-refractivity contribution in [3.05, 3.63) is 10.1 Å². The van der Waals surface area contributed by atoms with Crippen molar-refractivity contribution in [2.45, 2.75) is 46.2 Å². The number of nitrogens with zero attached hydrogens (tertiary/aromatic N) is 1. The fraction of sp³-hybridized carbons (Fsp3) is 0.750. The smallest absolute Gasteiger partial charge is 0.260 e. The first-order chi connectivity index (χ1) is 12.4. The van der Waals surface area contributed by atoms with Crippen molar-refractivity contribution in [2.24, 2.45) is 23.7 Å². The van der Waals surface area contributed by atoms with Gasteiger partial charge in [-0.2, -0.15) is 5.06 Å². The number of fused-ring (bicyclic) bond motifs is 12. The third-order valence-corrected chi connectivity index (χ3v) is 10.7. The molecule has 4 bridgehead atoms. The minimum atomic E-state index is -1.72. The molecule has 148 valence electrons. The first-order valence-corrected chi connectivity index (χ1v) is 10.7. The number of hydroxylamine groups is 2. The van der Waals surface area contributed by atoms with Crippen molar-refractivity contribution in [3.8, 4) is 0 Å². The number of ether oxygens (including phenoxy) is 1. The number of allylic oxidation sites excluding steroid dienone is 2. The van der Waals surface area contributed by atoms with Gasteiger partial charge in [-0.15, -0.1) is 23.2 Å². The van der Waals surface area contributed by atoms with E-state index in [-0.39, 0.29) is 16.2 Å². The molecule has 5 rings (SSSR count). The summed E-state index contributed by atoms with van der Waals surface area (Å²) in [7, 11) is 0. The lowest BCUT2D eigenvalue weighted by Gasteiger charge is -2.39. The number of alkyl halides is 4. The monoisotopic (exact) mass is 493 g/mol. The zero-order valence-electron chi connectivity index (χ0n) is 13.9. The molecule has 0 spiro atoms. The van der Waals surface area contributed by atoms with Crippen LogP contribution in [0.15, 0.2) is 10.1 Å². The zero-order chi connectivity index (χ0) is 19.8. The molecule has 0 aromatic rings. The van der Waals surface area contributed by atoms with Gasteiger partial charge in [0.05, 0.1) is 40.2 Å². The molecule has 11 heteroatoms. The van der Waals surface area contributed by atoms with E-state index in [1.54, 1.807) is 13.8 Å². The Bertz CT molecular complexity index is 774. The van der Waals surface area contributed by atoms with E-state index in [9.17, 15) is 9.59 Å². The Hall–Kier alpha value is 0.540. The zero-order valence-corrected chi connectivity index (χ0v) is 18.4. The van der Waals surface area contributed by atoms with Gasteiger partial charge in [0.2, 0.25) is 0 Å². The van der Waals surface area contributed by atoms with Crippen LogP contribution in [0.5, 0.6) is 0 Å². The number of rotatable bonds is 2. The van der Waals surface area contributed by atoms with E-state index in [4.69, 9.17) is 79.2 Å². The lowest BCUT2D eigenvalue weighted by Crippen LogP contribution is -2.50. The second kappa shape index (κ2) is 5.42. The van der Waals surface area contributed by atoms with Crippen molar-refractivity contribution >= 4 is 81.4 Å². The van der Waals surface area contributed by atoms with Gasteiger partial charge in [-0.1, -0.05) is 46.4 Å². The van der Waals surface area contributed by atoms with Gasteiger partial charge in [0, 0.05) is 11.8 Å². The number of halogens is 6. The minimum absolute atomic E-state index is 0.0619. The van der Waals surface area contributed by atoms with E-state index < -0.39 is 61.8 Å². The van der Waals surface area contributed by atoms with Crippen LogP contribution in [0.25, 0.3) is 0 Å². The number of carbonyl (C=O) groups excluding carboxylic acids is 2. The van der Waals surface area contributed by atoms with Crippen molar-refractivity contribution < 1.29 is 19.2 Å². The largest absolute Gasteiger partial charge is 0.373 e. The second-order valence-corrected chi connectivity index (χ2v) is 11.2. The Morgan fingerprint density at radius 1 is 0.926 bits per heavy atom. The van der Waals surface area contributed by atoms with Crippen molar-refractivity contribution in [1.29, 1.82) is 0 Å². The number of carbonyl (C=O) groups is 2. The Kier molecular flexibility index (Phi) is 3.91. The molecule has 0 unspecified atom stereocenters. The van der Waals surface area contributed by atoms with E-state index in [2.05, 4.69) is 0 Å². The van der Waals surface area contributed by atoms with Crippen LogP contribution in [-0.2, 0) is 19.2 Å². The highest BCUT2D eigenvalue weighted by Crippen LogP contribution is 2.81. The molecule has 2 amide bonds. The lowest BCUT2D eigenvalue weighted by atomic mass is 9.65. The first-order valence-electron chi connectivity index (χ1n) is 8.44. The third kappa shape index (κ3) is 1.79. The quantitative estimate of drug-likeness (QED) is 0.432. The van der Waals surface area contributed by atoms with Crippen molar-refractivity contribution in [1.82, 2.24) is 5.06 Å². The van der Waals surface area contributed by atoms with Crippen LogP contribution in [0.4, 0.5) is 0 Å². The molecule has 5 nitrogen and oxygen atoms in total. The summed E-state index contributed by atoms with van der Waals surface area (Å²) in [4.78, 5) is 28.2. The summed E-state index contributed by atoms with van der Waals surface area (Å²) in [6.07, 6.45) is -1.76. The Morgan fingerprint density at radius 2 is 1.33 bits per heavy atom. The molecule has 0 aromatic heterocycles. The van der Waals surface area contributed by atoms with E-state index in [1.807, 2.05) is 0 Å². The van der Waals surface area contributed by atoms with E-state index in [1.165, 1.54) is 0 Å². The van der Waals surface area contributed by atoms with Crippen LogP contribution < -0.4 is 0 Å². The van der Waals surface area contributed by atoms with Crippen LogP contribution >= 0.6 is 69.6 Å². The molecule has 3 saturated heterocycles. The van der Waals surface area contributed by atoms with Crippen molar-refractivity contribution in [3.63, 3.8) is 0 Å². The summed E-state index contributed by atoms with van der Waals surface area (Å²) in [6, 6.07) is 0. The second-order valence-electron chi connectivity index (χ2n) is 7.92. The standard InChI is InChI=1S/C16H13Cl6NO4/c1-3(2)27-23-12(24)4-5(13(23)25)9-7-6(8(4)26-9)14(19)10(17)11(18)15(7,20)16(14,21)22/h3-9H,1-2H3/t4-,5+,6-,7-,8+,9-,14-,15-/m1/s1. The fourth-order valence-electron chi connectivity index (χ4n) is 5.59. The highest BCUT2D eigenvalue weighted by molar-refractivity contribution is 6.65. The highest BCUT2D eigenvalue weighted by atomic mass is 35.5. The molecule has 8 atom stereocenters. The van der Waals surface area contributed by atoms with Gasteiger partial charge >= 0.3 is 0 Å². The molecule has 0 N–H and O–H groups in total. The number of hydrogen-bond acceptors (Lipinski definition) is 4. The molecule has 0 aromatic carbocycles. The summed E-state index contributed by atoms with van der Waals surface area (Å²) < 4.78 is 4.33. The molecule has 3 heterocycles. The summed E-state index contributed by atoms with van der Waals surface area (Å²) in [6.45, 7) is 3.46. The van der Waals surface area contributed by atoms with Crippen LogP contribution in [0.2, 0.25) is 0 Å². The summed E-state index contributed by atoms with van der Waals surface area (Å²) >= 11 is 39.8. The maximum absolute atomic E-state index is 12.9. The van der Waals surface area contributed by atoms with Gasteiger partial charge in [0.1, 0.15) is 9.75 Å². The number of hydrogen-bond donors (Lipinski definition) is 0. The van der Waals surface area contributed by atoms with Gasteiger partial charge in [-0.05, 0) is 13.8 Å². The summed E-state index contributed by atoms with van der Waals surface area (Å²) in [5, 5.41) is 0.956. The summed E-state index contributed by atoms with van der Waals surface area (Å²) in [5.41, 5.74) is 0. The van der Waals surface area contributed by atoms with Gasteiger partial charge < -0.3 is 4.74 Å². The van der Waals surface area contributed by atoms with Crippen LogP contribution in [-0.4, -0.2) is 49.3 Å². The molecular weight excluding hydrogens is 483 g/mol.